The lowest BCUT2D eigenvalue weighted by Gasteiger charge is -2.55. The molecule has 0 spiro atoms. The summed E-state index contributed by atoms with van der Waals surface area (Å²) in [4.78, 5) is 12.3. The van der Waals surface area contributed by atoms with Crippen LogP contribution >= 0.6 is 0 Å². The smallest absolute Gasteiger partial charge is 0.283 e. The summed E-state index contributed by atoms with van der Waals surface area (Å²) in [6, 6.07) is 0. The van der Waals surface area contributed by atoms with Crippen molar-refractivity contribution in [1.29, 1.82) is 0 Å². The first-order valence-electron chi connectivity index (χ1n) is 6.60. The monoisotopic (exact) mass is 273 g/mol. The number of amides is 1. The highest BCUT2D eigenvalue weighted by Crippen LogP contribution is 2.60. The van der Waals surface area contributed by atoms with Crippen molar-refractivity contribution < 1.29 is 17.8 Å². The quantitative estimate of drug-likeness (QED) is 0.756. The molecule has 6 heteroatoms. The van der Waals surface area contributed by atoms with Gasteiger partial charge < -0.3 is 5.32 Å². The third kappa shape index (κ3) is 2.16. The van der Waals surface area contributed by atoms with Crippen molar-refractivity contribution >= 4 is 16.0 Å². The molecule has 4 rings (SSSR count). The molecule has 0 saturated heterocycles. The zero-order chi connectivity index (χ0) is 13.0. The second-order valence-corrected chi connectivity index (χ2v) is 7.88. The fourth-order valence-electron chi connectivity index (χ4n) is 4.73. The first-order valence-corrected chi connectivity index (χ1v) is 8.21. The maximum absolute atomic E-state index is 12.3. The van der Waals surface area contributed by atoms with Crippen LogP contribution in [0.15, 0.2) is 0 Å². The molecule has 4 aliphatic rings. The number of carbonyl (C=O) groups is 1. The Hall–Kier alpha value is -0.620. The Morgan fingerprint density at radius 3 is 1.94 bits per heavy atom. The van der Waals surface area contributed by atoms with Gasteiger partial charge in [0.15, 0.2) is 0 Å². The molecule has 0 aromatic heterocycles. The van der Waals surface area contributed by atoms with E-state index in [0.29, 0.717) is 17.8 Å². The van der Waals surface area contributed by atoms with Crippen LogP contribution in [0.1, 0.15) is 38.5 Å². The van der Waals surface area contributed by atoms with E-state index in [1.807, 2.05) is 0 Å². The maximum atomic E-state index is 12.3. The molecule has 1 amide bonds. The van der Waals surface area contributed by atoms with E-state index >= 15 is 0 Å². The van der Waals surface area contributed by atoms with Crippen LogP contribution in [0, 0.1) is 23.2 Å². The minimum absolute atomic E-state index is 0.167. The van der Waals surface area contributed by atoms with Gasteiger partial charge in [-0.1, -0.05) is 0 Å². The lowest BCUT2D eigenvalue weighted by atomic mass is 9.49. The molecule has 4 aliphatic carbocycles. The molecule has 0 radical (unpaired) electrons. The predicted molar refractivity (Wildman–Crippen MR) is 65.2 cm³/mol. The zero-order valence-corrected chi connectivity index (χ0v) is 11.1. The average Bonchev–Trinajstić information content (AvgIpc) is 2.22. The SMILES string of the molecule is O=C(NCS(=O)(=O)O)C12CC3CC(CC(C3)C1)C2. The molecule has 4 saturated carbocycles. The fraction of sp³-hybridized carbons (Fsp3) is 0.917. The van der Waals surface area contributed by atoms with E-state index in [2.05, 4.69) is 5.32 Å². The molecule has 0 aromatic rings. The first-order chi connectivity index (χ1) is 8.36. The Kier molecular flexibility index (Phi) is 2.71. The summed E-state index contributed by atoms with van der Waals surface area (Å²) >= 11 is 0. The summed E-state index contributed by atoms with van der Waals surface area (Å²) < 4.78 is 30.1. The number of carbonyl (C=O) groups excluding carboxylic acids is 1. The standard InChI is InChI=1S/C12H19NO4S/c14-11(13-7-18(15,16)17)12-4-8-1-9(5-12)3-10(2-8)6-12/h8-10H,1-7H2,(H,13,14)(H,15,16,17). The second kappa shape index (κ2) is 3.93. The largest absolute Gasteiger partial charge is 0.340 e. The Bertz CT molecular complexity index is 435. The van der Waals surface area contributed by atoms with Gasteiger partial charge >= 0.3 is 0 Å². The van der Waals surface area contributed by atoms with Crippen LogP contribution in [-0.2, 0) is 14.9 Å². The molecule has 5 nitrogen and oxygen atoms in total. The summed E-state index contributed by atoms with van der Waals surface area (Å²) in [5.74, 6) is 1.11. The van der Waals surface area contributed by atoms with E-state index in [4.69, 9.17) is 4.55 Å². The van der Waals surface area contributed by atoms with Gasteiger partial charge in [0.05, 0.1) is 0 Å². The normalized spacial score (nSPS) is 41.9. The topological polar surface area (TPSA) is 83.5 Å². The number of nitrogens with one attached hydrogen (secondary N) is 1. The van der Waals surface area contributed by atoms with Gasteiger partial charge in [-0.3, -0.25) is 9.35 Å². The highest BCUT2D eigenvalue weighted by Gasteiger charge is 2.54. The minimum atomic E-state index is -4.12. The van der Waals surface area contributed by atoms with Gasteiger partial charge in [0.2, 0.25) is 5.91 Å². The molecule has 0 unspecified atom stereocenters. The molecule has 102 valence electrons. The van der Waals surface area contributed by atoms with Crippen LogP contribution in [0.3, 0.4) is 0 Å². The molecule has 0 heterocycles. The number of rotatable bonds is 3. The predicted octanol–water partition coefficient (Wildman–Crippen LogP) is 1.16. The summed E-state index contributed by atoms with van der Waals surface area (Å²) in [5.41, 5.74) is -0.348. The Labute approximate surface area is 107 Å². The Morgan fingerprint density at radius 1 is 1.11 bits per heavy atom. The average molecular weight is 273 g/mol. The van der Waals surface area contributed by atoms with E-state index in [9.17, 15) is 13.2 Å². The van der Waals surface area contributed by atoms with Gasteiger partial charge in [0.25, 0.3) is 10.1 Å². The third-order valence-electron chi connectivity index (χ3n) is 4.94. The molecule has 18 heavy (non-hydrogen) atoms. The van der Waals surface area contributed by atoms with Gasteiger partial charge in [-0.15, -0.1) is 0 Å². The van der Waals surface area contributed by atoms with Gasteiger partial charge in [-0.2, -0.15) is 8.42 Å². The van der Waals surface area contributed by atoms with Gasteiger partial charge in [-0.05, 0) is 56.3 Å². The van der Waals surface area contributed by atoms with Crippen molar-refractivity contribution in [2.75, 3.05) is 5.88 Å². The van der Waals surface area contributed by atoms with Crippen molar-refractivity contribution in [3.63, 3.8) is 0 Å². The molecule has 4 fully saturated rings. The molecule has 2 N–H and O–H groups in total. The van der Waals surface area contributed by atoms with E-state index in [1.165, 1.54) is 19.3 Å². The zero-order valence-electron chi connectivity index (χ0n) is 10.3. The summed E-state index contributed by atoms with van der Waals surface area (Å²) in [7, 11) is -4.12. The maximum Gasteiger partial charge on any atom is 0.283 e. The minimum Gasteiger partial charge on any atom is -0.340 e. The second-order valence-electron chi connectivity index (χ2n) is 6.43. The molecule has 0 aromatic carbocycles. The van der Waals surface area contributed by atoms with Crippen LogP contribution in [-0.4, -0.2) is 24.8 Å². The Balaban J connectivity index is 1.73. The van der Waals surface area contributed by atoms with E-state index < -0.39 is 16.0 Å². The molecule has 0 aliphatic heterocycles. The van der Waals surface area contributed by atoms with Gasteiger partial charge in [0, 0.05) is 5.41 Å². The summed E-state index contributed by atoms with van der Waals surface area (Å²) in [6.07, 6.45) is 6.42. The third-order valence-corrected chi connectivity index (χ3v) is 5.44. The van der Waals surface area contributed by atoms with Crippen LogP contribution < -0.4 is 5.32 Å². The summed E-state index contributed by atoms with van der Waals surface area (Å²) in [6.45, 7) is 0. The number of hydrogen-bond acceptors (Lipinski definition) is 3. The highest BCUT2D eigenvalue weighted by atomic mass is 32.2. The van der Waals surface area contributed by atoms with E-state index in [1.54, 1.807) is 0 Å². The van der Waals surface area contributed by atoms with Crippen LogP contribution in [0.4, 0.5) is 0 Å². The van der Waals surface area contributed by atoms with Gasteiger partial charge in [-0.25, -0.2) is 0 Å². The first kappa shape index (κ1) is 12.4. The molecular formula is C12H19NO4S. The van der Waals surface area contributed by atoms with Crippen LogP contribution in [0.5, 0.6) is 0 Å². The van der Waals surface area contributed by atoms with Crippen molar-refractivity contribution in [2.24, 2.45) is 23.2 Å². The van der Waals surface area contributed by atoms with Crippen LogP contribution in [0.25, 0.3) is 0 Å². The van der Waals surface area contributed by atoms with Crippen molar-refractivity contribution in [3.8, 4) is 0 Å². The van der Waals surface area contributed by atoms with Crippen molar-refractivity contribution in [2.45, 2.75) is 38.5 Å². The van der Waals surface area contributed by atoms with Gasteiger partial charge in [0.1, 0.15) is 5.88 Å². The molecular weight excluding hydrogens is 254 g/mol. The Morgan fingerprint density at radius 2 is 1.56 bits per heavy atom. The lowest BCUT2D eigenvalue weighted by Crippen LogP contribution is -2.54. The van der Waals surface area contributed by atoms with Crippen molar-refractivity contribution in [3.05, 3.63) is 0 Å². The molecule has 0 atom stereocenters. The van der Waals surface area contributed by atoms with Crippen LogP contribution in [0.2, 0.25) is 0 Å². The lowest BCUT2D eigenvalue weighted by molar-refractivity contribution is -0.145. The fourth-order valence-corrected chi connectivity index (χ4v) is 5.05. The number of hydrogen-bond donors (Lipinski definition) is 2. The van der Waals surface area contributed by atoms with E-state index in [-0.39, 0.29) is 11.3 Å². The van der Waals surface area contributed by atoms with E-state index in [0.717, 1.165) is 19.3 Å². The summed E-state index contributed by atoms with van der Waals surface area (Å²) in [5, 5.41) is 2.40. The highest BCUT2D eigenvalue weighted by molar-refractivity contribution is 7.85. The molecule has 4 bridgehead atoms. The van der Waals surface area contributed by atoms with Crippen molar-refractivity contribution in [1.82, 2.24) is 5.32 Å².